The Balaban J connectivity index is 3.19. The number of nitrogens with zero attached hydrogens (tertiary/aromatic N) is 1. The van der Waals surface area contributed by atoms with E-state index in [0.717, 1.165) is 5.56 Å². The third-order valence-corrected chi connectivity index (χ3v) is 3.42. The van der Waals surface area contributed by atoms with Crippen LogP contribution in [-0.2, 0) is 0 Å². The molecule has 0 radical (unpaired) electrons. The second-order valence-electron chi connectivity index (χ2n) is 1.37. The molecular weight excluding hydrogens is 256 g/mol. The van der Waals surface area contributed by atoms with Crippen molar-refractivity contribution >= 4 is 45.7 Å². The van der Waals surface area contributed by atoms with Crippen LogP contribution < -0.4 is 0 Å². The van der Waals surface area contributed by atoms with Gasteiger partial charge in [-0.1, -0.05) is 11.6 Å². The van der Waals surface area contributed by atoms with Crippen molar-refractivity contribution in [1.29, 1.82) is 0 Å². The zero-order valence-electron chi connectivity index (χ0n) is 4.11. The van der Waals surface area contributed by atoms with Crippen LogP contribution in [-0.4, -0.2) is 4.37 Å². The quantitative estimate of drug-likeness (QED) is 0.653. The third-order valence-electron chi connectivity index (χ3n) is 0.810. The average molecular weight is 259 g/mol. The van der Waals surface area contributed by atoms with Crippen molar-refractivity contribution in [2.45, 2.75) is 6.92 Å². The summed E-state index contributed by atoms with van der Waals surface area (Å²) < 4.78 is 5.09. The zero-order chi connectivity index (χ0) is 6.15. The van der Waals surface area contributed by atoms with Crippen LogP contribution in [0.25, 0.3) is 0 Å². The molecule has 0 aliphatic heterocycles. The van der Waals surface area contributed by atoms with Gasteiger partial charge in [-0.3, -0.25) is 0 Å². The van der Waals surface area contributed by atoms with Gasteiger partial charge in [0.15, 0.2) is 0 Å². The lowest BCUT2D eigenvalue weighted by molar-refractivity contribution is 1.44. The molecule has 0 unspecified atom stereocenters. The zero-order valence-corrected chi connectivity index (χ0v) is 7.84. The normalized spacial score (nSPS) is 9.88. The van der Waals surface area contributed by atoms with E-state index in [9.17, 15) is 0 Å². The molecule has 0 N–H and O–H groups in total. The summed E-state index contributed by atoms with van der Waals surface area (Å²) in [6, 6.07) is 0. The molecule has 0 fully saturated rings. The molecule has 44 valence electrons. The van der Waals surface area contributed by atoms with E-state index in [4.69, 9.17) is 11.6 Å². The van der Waals surface area contributed by atoms with Crippen LogP contribution in [0, 0.1) is 9.81 Å². The first kappa shape index (κ1) is 6.77. The fourth-order valence-corrected chi connectivity index (χ4v) is 1.79. The summed E-state index contributed by atoms with van der Waals surface area (Å²) in [5.74, 6) is 0. The van der Waals surface area contributed by atoms with E-state index in [2.05, 4.69) is 27.0 Å². The van der Waals surface area contributed by atoms with Crippen molar-refractivity contribution in [2.24, 2.45) is 0 Å². The molecule has 0 saturated heterocycles. The van der Waals surface area contributed by atoms with Gasteiger partial charge in [0.1, 0.15) is 5.15 Å². The van der Waals surface area contributed by atoms with Crippen molar-refractivity contribution in [1.82, 2.24) is 4.37 Å². The average Bonchev–Trinajstić information content (AvgIpc) is 1.98. The fourth-order valence-electron chi connectivity index (χ4n) is 0.298. The lowest BCUT2D eigenvalue weighted by Gasteiger charge is -1.79. The molecule has 0 saturated carbocycles. The highest BCUT2D eigenvalue weighted by Gasteiger charge is 2.01. The standard InChI is InChI=1S/C4H3ClINS/c1-2-3(5)7-8-4(2)6/h1H3. The Kier molecular flexibility index (Phi) is 2.11. The van der Waals surface area contributed by atoms with Gasteiger partial charge in [0, 0.05) is 5.56 Å². The van der Waals surface area contributed by atoms with Gasteiger partial charge < -0.3 is 0 Å². The molecule has 1 aromatic rings. The van der Waals surface area contributed by atoms with Gasteiger partial charge >= 0.3 is 0 Å². The highest BCUT2D eigenvalue weighted by Crippen LogP contribution is 2.22. The number of aromatic nitrogens is 1. The molecule has 0 bridgehead atoms. The highest BCUT2D eigenvalue weighted by atomic mass is 127. The maximum Gasteiger partial charge on any atom is 0.146 e. The monoisotopic (exact) mass is 259 g/mol. The van der Waals surface area contributed by atoms with Crippen LogP contribution in [0.2, 0.25) is 5.15 Å². The van der Waals surface area contributed by atoms with Gasteiger partial charge in [-0.15, -0.1) is 0 Å². The van der Waals surface area contributed by atoms with Gasteiger partial charge in [0.25, 0.3) is 0 Å². The Labute approximate surface area is 70.4 Å². The molecule has 1 aromatic heterocycles. The first-order chi connectivity index (χ1) is 3.72. The number of rotatable bonds is 0. The van der Waals surface area contributed by atoms with Gasteiger partial charge in [0.2, 0.25) is 0 Å². The summed E-state index contributed by atoms with van der Waals surface area (Å²) in [5, 5.41) is 0.638. The largest absolute Gasteiger partial charge is 0.179 e. The molecule has 4 heteroatoms. The second kappa shape index (κ2) is 2.49. The van der Waals surface area contributed by atoms with E-state index in [0.29, 0.717) is 5.15 Å². The van der Waals surface area contributed by atoms with Crippen molar-refractivity contribution in [2.75, 3.05) is 0 Å². The van der Waals surface area contributed by atoms with Crippen molar-refractivity contribution in [3.05, 3.63) is 13.6 Å². The number of halogens is 2. The first-order valence-electron chi connectivity index (χ1n) is 1.99. The van der Waals surface area contributed by atoms with Crippen LogP contribution in [0.3, 0.4) is 0 Å². The Morgan fingerprint density at radius 2 is 2.38 bits per heavy atom. The molecule has 0 atom stereocenters. The van der Waals surface area contributed by atoms with Crippen LogP contribution in [0.4, 0.5) is 0 Å². The van der Waals surface area contributed by atoms with Crippen LogP contribution in [0.1, 0.15) is 5.56 Å². The highest BCUT2D eigenvalue weighted by molar-refractivity contribution is 14.1. The topological polar surface area (TPSA) is 12.9 Å². The summed E-state index contributed by atoms with van der Waals surface area (Å²) in [7, 11) is 0. The van der Waals surface area contributed by atoms with Crippen LogP contribution in [0.5, 0.6) is 0 Å². The molecule has 1 heterocycles. The lowest BCUT2D eigenvalue weighted by Crippen LogP contribution is -1.66. The predicted molar refractivity (Wildman–Crippen MR) is 44.6 cm³/mol. The second-order valence-corrected chi connectivity index (χ2v) is 4.31. The summed E-state index contributed by atoms with van der Waals surface area (Å²) in [6.45, 7) is 1.97. The number of hydrogen-bond donors (Lipinski definition) is 0. The summed E-state index contributed by atoms with van der Waals surface area (Å²) in [6.07, 6.45) is 0. The first-order valence-corrected chi connectivity index (χ1v) is 4.22. The van der Waals surface area contributed by atoms with Gasteiger partial charge in [0.05, 0.1) is 2.88 Å². The molecular formula is C4H3ClINS. The van der Waals surface area contributed by atoms with E-state index in [-0.39, 0.29) is 0 Å². The van der Waals surface area contributed by atoms with Gasteiger partial charge in [-0.05, 0) is 41.0 Å². The number of hydrogen-bond acceptors (Lipinski definition) is 2. The van der Waals surface area contributed by atoms with Crippen molar-refractivity contribution in [3.8, 4) is 0 Å². The Morgan fingerprint density at radius 3 is 2.50 bits per heavy atom. The molecule has 1 nitrogen and oxygen atoms in total. The summed E-state index contributed by atoms with van der Waals surface area (Å²) in [5.41, 5.74) is 1.09. The summed E-state index contributed by atoms with van der Waals surface area (Å²) >= 11 is 9.28. The van der Waals surface area contributed by atoms with E-state index >= 15 is 0 Å². The van der Waals surface area contributed by atoms with E-state index in [1.165, 1.54) is 14.4 Å². The Morgan fingerprint density at radius 1 is 1.75 bits per heavy atom. The lowest BCUT2D eigenvalue weighted by atomic mass is 10.4. The maximum atomic E-state index is 5.62. The molecule has 0 amide bonds. The SMILES string of the molecule is Cc1c(Cl)nsc1I. The van der Waals surface area contributed by atoms with Gasteiger partial charge in [-0.2, -0.15) is 4.37 Å². The Bertz CT molecular complexity index is 178. The molecule has 0 aromatic carbocycles. The van der Waals surface area contributed by atoms with Crippen molar-refractivity contribution < 1.29 is 0 Å². The van der Waals surface area contributed by atoms with Crippen molar-refractivity contribution in [3.63, 3.8) is 0 Å². The molecule has 8 heavy (non-hydrogen) atoms. The van der Waals surface area contributed by atoms with E-state index < -0.39 is 0 Å². The minimum Gasteiger partial charge on any atom is -0.179 e. The summed E-state index contributed by atoms with van der Waals surface area (Å²) in [4.78, 5) is 0. The third kappa shape index (κ3) is 1.14. The maximum absolute atomic E-state index is 5.62. The smallest absolute Gasteiger partial charge is 0.146 e. The minimum atomic E-state index is 0.638. The molecule has 1 rings (SSSR count). The van der Waals surface area contributed by atoms with E-state index in [1.807, 2.05) is 6.92 Å². The molecule has 0 aliphatic carbocycles. The van der Waals surface area contributed by atoms with E-state index in [1.54, 1.807) is 0 Å². The minimum absolute atomic E-state index is 0.638. The van der Waals surface area contributed by atoms with Gasteiger partial charge in [-0.25, -0.2) is 0 Å². The predicted octanol–water partition coefficient (Wildman–Crippen LogP) is 2.71. The Hall–Kier alpha value is 0.650. The molecule has 0 aliphatic rings. The fraction of sp³-hybridized carbons (Fsp3) is 0.250. The van der Waals surface area contributed by atoms with Crippen LogP contribution >= 0.6 is 45.7 Å². The van der Waals surface area contributed by atoms with Crippen LogP contribution in [0.15, 0.2) is 0 Å². The molecule has 0 spiro atoms.